The summed E-state index contributed by atoms with van der Waals surface area (Å²) in [5.74, 6) is 0.0286. The SMILES string of the molecule is CC(C)c1ccc2c(c1)C(=O)c1ccccc1S2(=O)=O. The van der Waals surface area contributed by atoms with Gasteiger partial charge in [-0.1, -0.05) is 32.0 Å². The lowest BCUT2D eigenvalue weighted by Crippen LogP contribution is -2.20. The highest BCUT2D eigenvalue weighted by molar-refractivity contribution is 7.91. The number of rotatable bonds is 1. The van der Waals surface area contributed by atoms with E-state index in [1.54, 1.807) is 36.4 Å². The molecule has 0 saturated heterocycles. The average molecular weight is 286 g/mol. The molecule has 4 heteroatoms. The minimum atomic E-state index is -3.60. The molecule has 2 aromatic rings. The van der Waals surface area contributed by atoms with Crippen molar-refractivity contribution in [3.63, 3.8) is 0 Å². The number of carbonyl (C=O) groups excluding carboxylic acids is 1. The second-order valence-corrected chi connectivity index (χ2v) is 7.13. The summed E-state index contributed by atoms with van der Waals surface area (Å²) in [6, 6.07) is 11.4. The third-order valence-electron chi connectivity index (χ3n) is 3.63. The maximum Gasteiger partial charge on any atom is 0.208 e. The number of carbonyl (C=O) groups is 1. The fourth-order valence-electron chi connectivity index (χ4n) is 2.47. The van der Waals surface area contributed by atoms with Gasteiger partial charge in [0.2, 0.25) is 9.84 Å². The first-order valence-electron chi connectivity index (χ1n) is 6.45. The van der Waals surface area contributed by atoms with Crippen LogP contribution in [-0.4, -0.2) is 14.2 Å². The molecule has 0 fully saturated rings. The second-order valence-electron chi connectivity index (χ2n) is 5.24. The Morgan fingerprint density at radius 2 is 1.55 bits per heavy atom. The first kappa shape index (κ1) is 13.1. The Morgan fingerprint density at radius 3 is 2.25 bits per heavy atom. The van der Waals surface area contributed by atoms with Crippen LogP contribution < -0.4 is 0 Å². The molecule has 0 aliphatic carbocycles. The van der Waals surface area contributed by atoms with Gasteiger partial charge in [-0.25, -0.2) is 8.42 Å². The van der Waals surface area contributed by atoms with Crippen LogP contribution in [0.15, 0.2) is 52.3 Å². The summed E-state index contributed by atoms with van der Waals surface area (Å²) in [6.07, 6.45) is 0. The summed E-state index contributed by atoms with van der Waals surface area (Å²) < 4.78 is 25.1. The molecule has 0 saturated carbocycles. The molecule has 0 spiro atoms. The van der Waals surface area contributed by atoms with E-state index in [-0.39, 0.29) is 32.6 Å². The van der Waals surface area contributed by atoms with E-state index in [9.17, 15) is 13.2 Å². The van der Waals surface area contributed by atoms with E-state index < -0.39 is 9.84 Å². The number of fused-ring (bicyclic) bond motifs is 2. The van der Waals surface area contributed by atoms with E-state index in [1.807, 2.05) is 13.8 Å². The standard InChI is InChI=1S/C16H14O3S/c1-10(2)11-7-8-15-13(9-11)16(17)12-5-3-4-6-14(12)20(15,18)19/h3-10H,1-2H3. The number of sulfone groups is 1. The zero-order valence-corrected chi connectivity index (χ0v) is 12.1. The van der Waals surface area contributed by atoms with Gasteiger partial charge in [0.05, 0.1) is 9.79 Å². The van der Waals surface area contributed by atoms with Gasteiger partial charge in [0.25, 0.3) is 0 Å². The van der Waals surface area contributed by atoms with Crippen molar-refractivity contribution in [3.05, 3.63) is 59.2 Å². The molecule has 1 aliphatic heterocycles. The van der Waals surface area contributed by atoms with Gasteiger partial charge in [0, 0.05) is 11.1 Å². The normalized spacial score (nSPS) is 15.8. The molecule has 1 aliphatic rings. The summed E-state index contributed by atoms with van der Waals surface area (Å²) in [4.78, 5) is 12.7. The van der Waals surface area contributed by atoms with E-state index >= 15 is 0 Å². The molecule has 0 radical (unpaired) electrons. The quantitative estimate of drug-likeness (QED) is 0.690. The molecule has 3 nitrogen and oxygen atoms in total. The van der Waals surface area contributed by atoms with Gasteiger partial charge < -0.3 is 0 Å². The highest BCUT2D eigenvalue weighted by Gasteiger charge is 2.34. The Hall–Kier alpha value is -1.94. The van der Waals surface area contributed by atoms with Crippen LogP contribution in [0.1, 0.15) is 41.3 Å². The molecule has 0 unspecified atom stereocenters. The van der Waals surface area contributed by atoms with Gasteiger partial charge in [-0.15, -0.1) is 0 Å². The van der Waals surface area contributed by atoms with Crippen LogP contribution in [0.4, 0.5) is 0 Å². The molecule has 0 atom stereocenters. The molecular formula is C16H14O3S. The van der Waals surface area contributed by atoms with Crippen LogP contribution in [-0.2, 0) is 9.84 Å². The summed E-state index contributed by atoms with van der Waals surface area (Å²) in [5, 5.41) is 0. The first-order chi connectivity index (χ1) is 9.43. The van der Waals surface area contributed by atoms with E-state index in [0.29, 0.717) is 0 Å². The second kappa shape index (κ2) is 4.28. The fraction of sp³-hybridized carbons (Fsp3) is 0.188. The monoisotopic (exact) mass is 286 g/mol. The van der Waals surface area contributed by atoms with Crippen LogP contribution in [0.2, 0.25) is 0 Å². The van der Waals surface area contributed by atoms with E-state index in [2.05, 4.69) is 0 Å². The number of hydrogen-bond donors (Lipinski definition) is 0. The zero-order chi connectivity index (χ0) is 14.5. The summed E-state index contributed by atoms with van der Waals surface area (Å²) in [7, 11) is -3.60. The minimum absolute atomic E-state index is 0.106. The molecule has 0 N–H and O–H groups in total. The average Bonchev–Trinajstić information content (AvgIpc) is 2.44. The van der Waals surface area contributed by atoms with Crippen molar-refractivity contribution in [1.29, 1.82) is 0 Å². The highest BCUT2D eigenvalue weighted by atomic mass is 32.2. The van der Waals surface area contributed by atoms with E-state index in [0.717, 1.165) is 5.56 Å². The smallest absolute Gasteiger partial charge is 0.208 e. The van der Waals surface area contributed by atoms with Crippen LogP contribution in [0.3, 0.4) is 0 Å². The molecule has 20 heavy (non-hydrogen) atoms. The number of hydrogen-bond acceptors (Lipinski definition) is 3. The Kier molecular flexibility index (Phi) is 2.80. The van der Waals surface area contributed by atoms with E-state index in [1.165, 1.54) is 6.07 Å². The number of ketones is 1. The lowest BCUT2D eigenvalue weighted by Gasteiger charge is -2.20. The first-order valence-corrected chi connectivity index (χ1v) is 7.94. The predicted molar refractivity (Wildman–Crippen MR) is 75.9 cm³/mol. The largest absolute Gasteiger partial charge is 0.289 e. The third-order valence-corrected chi connectivity index (χ3v) is 5.50. The number of benzene rings is 2. The van der Waals surface area contributed by atoms with Crippen molar-refractivity contribution in [2.45, 2.75) is 29.6 Å². The highest BCUT2D eigenvalue weighted by Crippen LogP contribution is 2.35. The molecule has 102 valence electrons. The molecule has 0 bridgehead atoms. The molecule has 1 heterocycles. The van der Waals surface area contributed by atoms with Gasteiger partial charge in [-0.2, -0.15) is 0 Å². The van der Waals surface area contributed by atoms with Crippen molar-refractivity contribution in [3.8, 4) is 0 Å². The predicted octanol–water partition coefficient (Wildman–Crippen LogP) is 3.19. The summed E-state index contributed by atoms with van der Waals surface area (Å²) in [6.45, 7) is 4.02. The van der Waals surface area contributed by atoms with Gasteiger partial charge in [0.15, 0.2) is 5.78 Å². The van der Waals surface area contributed by atoms with E-state index in [4.69, 9.17) is 0 Å². The van der Waals surface area contributed by atoms with Crippen LogP contribution in [0, 0.1) is 0 Å². The van der Waals surface area contributed by atoms with Crippen molar-refractivity contribution >= 4 is 15.6 Å². The summed E-state index contributed by atoms with van der Waals surface area (Å²) in [5.41, 5.74) is 1.52. The van der Waals surface area contributed by atoms with Gasteiger partial charge in [0.1, 0.15) is 0 Å². The Labute approximate surface area is 118 Å². The molecule has 0 amide bonds. The van der Waals surface area contributed by atoms with Crippen LogP contribution in [0.5, 0.6) is 0 Å². The lowest BCUT2D eigenvalue weighted by atomic mass is 9.96. The summed E-state index contributed by atoms with van der Waals surface area (Å²) >= 11 is 0. The van der Waals surface area contributed by atoms with Gasteiger partial charge in [-0.3, -0.25) is 4.79 Å². The molecular weight excluding hydrogens is 272 g/mol. The fourth-order valence-corrected chi connectivity index (χ4v) is 4.10. The lowest BCUT2D eigenvalue weighted by molar-refractivity contribution is 0.103. The van der Waals surface area contributed by atoms with Gasteiger partial charge in [-0.05, 0) is 35.7 Å². The Balaban J connectivity index is 2.35. The Morgan fingerprint density at radius 1 is 0.900 bits per heavy atom. The molecule has 2 aromatic carbocycles. The topological polar surface area (TPSA) is 51.2 Å². The Bertz CT molecular complexity index is 817. The van der Waals surface area contributed by atoms with Crippen LogP contribution in [0.25, 0.3) is 0 Å². The van der Waals surface area contributed by atoms with Crippen molar-refractivity contribution in [1.82, 2.24) is 0 Å². The van der Waals surface area contributed by atoms with Crippen molar-refractivity contribution < 1.29 is 13.2 Å². The van der Waals surface area contributed by atoms with Gasteiger partial charge >= 0.3 is 0 Å². The maximum atomic E-state index is 12.6. The maximum absolute atomic E-state index is 12.6. The third kappa shape index (κ3) is 1.72. The van der Waals surface area contributed by atoms with Crippen molar-refractivity contribution in [2.75, 3.05) is 0 Å². The van der Waals surface area contributed by atoms with Crippen LogP contribution >= 0.6 is 0 Å². The molecule has 3 rings (SSSR count). The minimum Gasteiger partial charge on any atom is -0.289 e. The zero-order valence-electron chi connectivity index (χ0n) is 11.3. The molecule has 0 aromatic heterocycles. The van der Waals surface area contributed by atoms with Crippen molar-refractivity contribution in [2.24, 2.45) is 0 Å².